The number of hydrogen-bond acceptors (Lipinski definition) is 5. The number of hydrogen-bond donors (Lipinski definition) is 2. The average molecular weight is 418 g/mol. The molecular weight excluding hydrogens is 402 g/mol. The van der Waals surface area contributed by atoms with Gasteiger partial charge in [0.25, 0.3) is 0 Å². The fraction of sp³-hybridized carbons (Fsp3) is 0.174. The Morgan fingerprint density at radius 2 is 1.90 bits per heavy atom. The zero-order chi connectivity index (χ0) is 21.9. The molecule has 0 bridgehead atoms. The molecule has 1 aliphatic carbocycles. The van der Waals surface area contributed by atoms with E-state index >= 15 is 0 Å². The van der Waals surface area contributed by atoms with Gasteiger partial charge in [0.1, 0.15) is 28.9 Å². The third-order valence-electron chi connectivity index (χ3n) is 6.08. The van der Waals surface area contributed by atoms with E-state index in [1.165, 1.54) is 11.0 Å². The first-order valence-corrected chi connectivity index (χ1v) is 9.74. The van der Waals surface area contributed by atoms with E-state index in [2.05, 4.69) is 5.32 Å². The van der Waals surface area contributed by atoms with Crippen LogP contribution in [0.5, 0.6) is 0 Å². The maximum absolute atomic E-state index is 14.8. The molecule has 0 radical (unpaired) electrons. The van der Waals surface area contributed by atoms with Crippen molar-refractivity contribution in [3.05, 3.63) is 82.3 Å². The van der Waals surface area contributed by atoms with Crippen LogP contribution in [0.25, 0.3) is 0 Å². The number of Topliss-reactive ketones (excluding diaryl/α,β-unsaturated/α-hetero) is 1. The number of ketones is 1. The minimum atomic E-state index is -1.70. The van der Waals surface area contributed by atoms with Crippen molar-refractivity contribution >= 4 is 23.1 Å². The molecule has 0 aromatic heterocycles. The third kappa shape index (κ3) is 2.34. The van der Waals surface area contributed by atoms with E-state index in [-0.39, 0.29) is 34.9 Å². The van der Waals surface area contributed by atoms with Gasteiger partial charge in [0.05, 0.1) is 11.3 Å². The topological polar surface area (TPSA) is 99.2 Å². The Labute approximate surface area is 176 Å². The lowest BCUT2D eigenvalue weighted by Gasteiger charge is -2.43. The molecule has 1 spiro atoms. The molecule has 154 valence electrons. The van der Waals surface area contributed by atoms with Gasteiger partial charge in [-0.05, 0) is 31.0 Å². The summed E-state index contributed by atoms with van der Waals surface area (Å²) in [5.74, 6) is -2.67. The van der Waals surface area contributed by atoms with Crippen LogP contribution >= 0.6 is 0 Å². The lowest BCUT2D eigenvalue weighted by molar-refractivity contribution is -0.122. The molecule has 6 nitrogen and oxygen atoms in total. The third-order valence-corrected chi connectivity index (χ3v) is 6.08. The highest BCUT2D eigenvalue weighted by Crippen LogP contribution is 2.55. The van der Waals surface area contributed by atoms with Gasteiger partial charge in [-0.1, -0.05) is 18.2 Å². The molecule has 2 heterocycles. The second-order valence-corrected chi connectivity index (χ2v) is 7.65. The normalized spacial score (nSPS) is 22.4. The minimum Gasteiger partial charge on any atom is -0.384 e. The van der Waals surface area contributed by atoms with Gasteiger partial charge in [-0.25, -0.2) is 8.78 Å². The van der Waals surface area contributed by atoms with Gasteiger partial charge in [0, 0.05) is 35.0 Å². The lowest BCUT2D eigenvalue weighted by Crippen LogP contribution is -2.50. The average Bonchev–Trinajstić information content (AvgIpc) is 3.02. The molecule has 0 unspecified atom stereocenters. The zero-order valence-corrected chi connectivity index (χ0v) is 16.2. The lowest BCUT2D eigenvalue weighted by atomic mass is 9.64. The van der Waals surface area contributed by atoms with Gasteiger partial charge in [-0.2, -0.15) is 5.26 Å². The molecule has 8 heteroatoms. The van der Waals surface area contributed by atoms with E-state index in [9.17, 15) is 23.6 Å². The SMILES string of the molecule is N#CC1=C(N)N(c2ccc(F)cc2F)C2=C(C(=O)CCC2)[C@@]12C(=O)Nc1ccccc12. The number of halogens is 2. The Kier molecular flexibility index (Phi) is 3.99. The Morgan fingerprint density at radius 3 is 2.65 bits per heavy atom. The van der Waals surface area contributed by atoms with E-state index in [4.69, 9.17) is 5.73 Å². The molecule has 3 aliphatic rings. The first-order chi connectivity index (χ1) is 14.9. The summed E-state index contributed by atoms with van der Waals surface area (Å²) in [5, 5.41) is 12.9. The van der Waals surface area contributed by atoms with E-state index in [0.717, 1.165) is 6.07 Å². The molecule has 1 amide bonds. The Morgan fingerprint density at radius 1 is 1.13 bits per heavy atom. The van der Waals surface area contributed by atoms with Gasteiger partial charge in [0.2, 0.25) is 5.91 Å². The highest BCUT2D eigenvalue weighted by Gasteiger charge is 2.60. The minimum absolute atomic E-state index is 0.0876. The Bertz CT molecular complexity index is 1290. The maximum atomic E-state index is 14.8. The predicted molar refractivity (Wildman–Crippen MR) is 108 cm³/mol. The summed E-state index contributed by atoms with van der Waals surface area (Å²) < 4.78 is 28.3. The van der Waals surface area contributed by atoms with Gasteiger partial charge in [-0.15, -0.1) is 0 Å². The van der Waals surface area contributed by atoms with E-state index in [1.807, 2.05) is 6.07 Å². The summed E-state index contributed by atoms with van der Waals surface area (Å²) in [6.07, 6.45) is 1.01. The van der Waals surface area contributed by atoms with Crippen LogP contribution < -0.4 is 16.0 Å². The van der Waals surface area contributed by atoms with Crippen LogP contribution in [0.1, 0.15) is 24.8 Å². The summed E-state index contributed by atoms with van der Waals surface area (Å²) >= 11 is 0. The highest BCUT2D eigenvalue weighted by atomic mass is 19.1. The smallest absolute Gasteiger partial charge is 0.245 e. The zero-order valence-electron chi connectivity index (χ0n) is 16.2. The van der Waals surface area contributed by atoms with Crippen molar-refractivity contribution in [3.63, 3.8) is 0 Å². The number of nitriles is 1. The second-order valence-electron chi connectivity index (χ2n) is 7.65. The van der Waals surface area contributed by atoms with Crippen LogP contribution in [0.15, 0.2) is 65.1 Å². The molecule has 5 rings (SSSR count). The summed E-state index contributed by atoms with van der Waals surface area (Å²) in [6, 6.07) is 11.8. The van der Waals surface area contributed by atoms with Gasteiger partial charge in [0.15, 0.2) is 5.78 Å². The number of para-hydroxylation sites is 1. The van der Waals surface area contributed by atoms with Crippen molar-refractivity contribution in [2.45, 2.75) is 24.7 Å². The Hall–Kier alpha value is -3.99. The molecular formula is C23H16F2N4O2. The van der Waals surface area contributed by atoms with Crippen LogP contribution in [0.2, 0.25) is 0 Å². The number of carbonyl (C=O) groups excluding carboxylic acids is 2. The summed E-state index contributed by atoms with van der Waals surface area (Å²) in [4.78, 5) is 27.9. The van der Waals surface area contributed by atoms with Crippen molar-refractivity contribution < 1.29 is 18.4 Å². The summed E-state index contributed by atoms with van der Waals surface area (Å²) in [6.45, 7) is 0. The molecule has 0 saturated heterocycles. The summed E-state index contributed by atoms with van der Waals surface area (Å²) in [5.41, 5.74) is 5.87. The number of rotatable bonds is 1. The molecule has 0 saturated carbocycles. The first-order valence-electron chi connectivity index (χ1n) is 9.74. The monoisotopic (exact) mass is 418 g/mol. The quantitative estimate of drug-likeness (QED) is 0.740. The van der Waals surface area contributed by atoms with Crippen molar-refractivity contribution in [1.82, 2.24) is 0 Å². The fourth-order valence-corrected chi connectivity index (χ4v) is 4.88. The molecule has 1 atom stereocenters. The van der Waals surface area contributed by atoms with E-state index in [1.54, 1.807) is 24.3 Å². The number of allylic oxidation sites excluding steroid dienone is 1. The molecule has 2 aromatic carbocycles. The van der Waals surface area contributed by atoms with Crippen LogP contribution in [-0.4, -0.2) is 11.7 Å². The number of benzene rings is 2. The number of nitrogens with one attached hydrogen (secondary N) is 1. The fourth-order valence-electron chi connectivity index (χ4n) is 4.88. The Balaban J connectivity index is 1.89. The van der Waals surface area contributed by atoms with Crippen LogP contribution in [0.3, 0.4) is 0 Å². The van der Waals surface area contributed by atoms with Crippen LogP contribution in [0, 0.1) is 23.0 Å². The highest BCUT2D eigenvalue weighted by molar-refractivity contribution is 6.19. The van der Waals surface area contributed by atoms with Crippen LogP contribution in [-0.2, 0) is 15.0 Å². The first kappa shape index (κ1) is 19.0. The number of nitrogens with zero attached hydrogens (tertiary/aromatic N) is 2. The molecule has 0 fully saturated rings. The van der Waals surface area contributed by atoms with Crippen LogP contribution in [0.4, 0.5) is 20.2 Å². The van der Waals surface area contributed by atoms with Crippen molar-refractivity contribution in [1.29, 1.82) is 5.26 Å². The van der Waals surface area contributed by atoms with E-state index < -0.39 is 23.0 Å². The van der Waals surface area contributed by atoms with Crippen molar-refractivity contribution in [2.75, 3.05) is 10.2 Å². The van der Waals surface area contributed by atoms with E-state index in [0.29, 0.717) is 35.9 Å². The number of nitrogens with two attached hydrogens (primary N) is 1. The number of anilines is 2. The predicted octanol–water partition coefficient (Wildman–Crippen LogP) is 3.38. The molecule has 2 aliphatic heterocycles. The standard InChI is InChI=1S/C23H16F2N4O2/c24-12-8-9-17(15(25)10-12)29-18-6-3-7-19(30)20(18)23(14(11-26)21(29)27)13-4-1-2-5-16(13)28-22(23)31/h1-2,4-5,8-10H,3,6-7,27H2,(H,28,31)/t23-/m0/s1. The summed E-state index contributed by atoms with van der Waals surface area (Å²) in [7, 11) is 0. The molecule has 2 aromatic rings. The number of amides is 1. The largest absolute Gasteiger partial charge is 0.384 e. The van der Waals surface area contributed by atoms with Gasteiger partial charge < -0.3 is 11.1 Å². The number of carbonyl (C=O) groups is 2. The van der Waals surface area contributed by atoms with Crippen molar-refractivity contribution in [3.8, 4) is 6.07 Å². The van der Waals surface area contributed by atoms with Crippen molar-refractivity contribution in [2.24, 2.45) is 5.73 Å². The second kappa shape index (κ2) is 6.51. The number of fused-ring (bicyclic) bond motifs is 3. The van der Waals surface area contributed by atoms with Gasteiger partial charge >= 0.3 is 0 Å². The maximum Gasteiger partial charge on any atom is 0.245 e. The molecule has 31 heavy (non-hydrogen) atoms. The molecule has 3 N–H and O–H groups in total. The van der Waals surface area contributed by atoms with Gasteiger partial charge in [-0.3, -0.25) is 14.5 Å².